The molecule has 0 saturated carbocycles. The van der Waals surface area contributed by atoms with E-state index >= 15 is 0 Å². The SMILES string of the molecule is COc1cccc(C(=O)N[C@H]2CCC(=O)N3C=CC[C@@H](C(=O)N[C@H](C=O)CC(=O)O)N3C2=O)c1. The molecule has 1 fully saturated rings. The Kier molecular flexibility index (Phi) is 7.61. The molecule has 1 aromatic rings. The molecule has 12 nitrogen and oxygen atoms in total. The lowest BCUT2D eigenvalue weighted by molar-refractivity contribution is -0.166. The van der Waals surface area contributed by atoms with E-state index in [2.05, 4.69) is 10.6 Å². The number of carbonyl (C=O) groups excluding carboxylic acids is 5. The van der Waals surface area contributed by atoms with Crippen LogP contribution in [0.4, 0.5) is 0 Å². The number of ether oxygens (including phenoxy) is 1. The van der Waals surface area contributed by atoms with Crippen LogP contribution in [-0.2, 0) is 24.0 Å². The van der Waals surface area contributed by atoms with Gasteiger partial charge >= 0.3 is 5.97 Å². The topological polar surface area (TPSA) is 162 Å². The fraction of sp³-hybridized carbons (Fsp3) is 0.364. The molecule has 3 atom stereocenters. The molecule has 0 spiro atoms. The highest BCUT2D eigenvalue weighted by atomic mass is 16.5. The number of hydrogen-bond acceptors (Lipinski definition) is 7. The molecule has 1 saturated heterocycles. The van der Waals surface area contributed by atoms with Crippen molar-refractivity contribution in [2.45, 2.75) is 43.8 Å². The van der Waals surface area contributed by atoms with E-state index in [1.165, 1.54) is 25.5 Å². The van der Waals surface area contributed by atoms with Gasteiger partial charge in [-0.15, -0.1) is 0 Å². The largest absolute Gasteiger partial charge is 0.497 e. The maximum atomic E-state index is 13.4. The van der Waals surface area contributed by atoms with Crippen molar-refractivity contribution in [1.29, 1.82) is 0 Å². The minimum absolute atomic E-state index is 0.0124. The Balaban J connectivity index is 1.82. The first kappa shape index (κ1) is 24.4. The molecule has 0 aliphatic carbocycles. The zero-order valence-electron chi connectivity index (χ0n) is 18.3. The zero-order valence-corrected chi connectivity index (χ0v) is 18.3. The third-order valence-electron chi connectivity index (χ3n) is 5.39. The van der Waals surface area contributed by atoms with Gasteiger partial charge in [-0.05, 0) is 31.0 Å². The highest BCUT2D eigenvalue weighted by molar-refractivity contribution is 6.00. The average Bonchev–Trinajstić information content (AvgIpc) is 2.95. The summed E-state index contributed by atoms with van der Waals surface area (Å²) in [7, 11) is 1.45. The van der Waals surface area contributed by atoms with Crippen LogP contribution in [0.1, 0.15) is 36.0 Å². The first-order chi connectivity index (χ1) is 16.2. The van der Waals surface area contributed by atoms with Gasteiger partial charge in [0, 0.05) is 18.2 Å². The molecule has 3 N–H and O–H groups in total. The number of nitrogens with one attached hydrogen (secondary N) is 2. The number of rotatable bonds is 8. The van der Waals surface area contributed by atoms with Crippen LogP contribution < -0.4 is 15.4 Å². The molecule has 1 aromatic carbocycles. The van der Waals surface area contributed by atoms with Gasteiger partial charge in [0.15, 0.2) is 0 Å². The van der Waals surface area contributed by atoms with E-state index < -0.39 is 54.1 Å². The molecule has 3 rings (SSSR count). The van der Waals surface area contributed by atoms with Crippen molar-refractivity contribution in [3.8, 4) is 5.75 Å². The number of hydrazine groups is 1. The van der Waals surface area contributed by atoms with Gasteiger partial charge in [0.2, 0.25) is 11.8 Å². The Hall–Kier alpha value is -4.22. The maximum absolute atomic E-state index is 13.4. The number of carboxylic acids is 1. The van der Waals surface area contributed by atoms with Crippen molar-refractivity contribution in [2.75, 3.05) is 7.11 Å². The molecule has 0 unspecified atom stereocenters. The molecule has 12 heteroatoms. The number of nitrogens with zero attached hydrogens (tertiary/aromatic N) is 2. The summed E-state index contributed by atoms with van der Waals surface area (Å²) >= 11 is 0. The van der Waals surface area contributed by atoms with Crippen molar-refractivity contribution < 1.29 is 38.6 Å². The Morgan fingerprint density at radius 3 is 2.74 bits per heavy atom. The van der Waals surface area contributed by atoms with Crippen molar-refractivity contribution in [1.82, 2.24) is 20.7 Å². The number of aldehydes is 1. The molecular formula is C22H24N4O8. The monoisotopic (exact) mass is 472 g/mol. The fourth-order valence-corrected chi connectivity index (χ4v) is 3.70. The van der Waals surface area contributed by atoms with Gasteiger partial charge in [0.25, 0.3) is 11.8 Å². The Morgan fingerprint density at radius 2 is 2.06 bits per heavy atom. The molecule has 2 aliphatic rings. The summed E-state index contributed by atoms with van der Waals surface area (Å²) in [5, 5.41) is 15.8. The van der Waals surface area contributed by atoms with Gasteiger partial charge in [0.1, 0.15) is 24.1 Å². The van der Waals surface area contributed by atoms with Crippen molar-refractivity contribution in [3.05, 3.63) is 42.1 Å². The summed E-state index contributed by atoms with van der Waals surface area (Å²) in [5.41, 5.74) is 0.245. The number of carbonyl (C=O) groups is 6. The Morgan fingerprint density at radius 1 is 1.29 bits per heavy atom. The van der Waals surface area contributed by atoms with Crippen LogP contribution in [0.5, 0.6) is 5.75 Å². The summed E-state index contributed by atoms with van der Waals surface area (Å²) in [6.45, 7) is 0. The van der Waals surface area contributed by atoms with E-state index in [-0.39, 0.29) is 31.1 Å². The summed E-state index contributed by atoms with van der Waals surface area (Å²) in [5.74, 6) is -3.35. The predicted octanol–water partition coefficient (Wildman–Crippen LogP) is -0.396. The minimum atomic E-state index is -1.30. The Bertz CT molecular complexity index is 1040. The van der Waals surface area contributed by atoms with Crippen LogP contribution in [0.3, 0.4) is 0 Å². The van der Waals surface area contributed by atoms with Gasteiger partial charge < -0.3 is 25.3 Å². The molecular weight excluding hydrogens is 448 g/mol. The predicted molar refractivity (Wildman–Crippen MR) is 115 cm³/mol. The quantitative estimate of drug-likeness (QED) is 0.431. The molecule has 4 amide bonds. The molecule has 34 heavy (non-hydrogen) atoms. The molecule has 0 aromatic heterocycles. The first-order valence-electron chi connectivity index (χ1n) is 10.5. The summed E-state index contributed by atoms with van der Waals surface area (Å²) in [6, 6.07) is 2.69. The van der Waals surface area contributed by atoms with Gasteiger partial charge in [-0.2, -0.15) is 0 Å². The molecule has 2 aliphatic heterocycles. The van der Waals surface area contributed by atoms with Crippen molar-refractivity contribution in [3.63, 3.8) is 0 Å². The van der Waals surface area contributed by atoms with Gasteiger partial charge in [-0.3, -0.25) is 24.0 Å². The Labute approximate surface area is 194 Å². The summed E-state index contributed by atoms with van der Waals surface area (Å²) in [6.07, 6.45) is 2.51. The summed E-state index contributed by atoms with van der Waals surface area (Å²) in [4.78, 5) is 73.7. The highest BCUT2D eigenvalue weighted by Crippen LogP contribution is 2.24. The van der Waals surface area contributed by atoms with Gasteiger partial charge in [0.05, 0.1) is 19.6 Å². The molecule has 0 bridgehead atoms. The number of fused-ring (bicyclic) bond motifs is 1. The van der Waals surface area contributed by atoms with E-state index in [9.17, 15) is 28.8 Å². The van der Waals surface area contributed by atoms with Crippen LogP contribution in [0.2, 0.25) is 0 Å². The molecule has 180 valence electrons. The van der Waals surface area contributed by atoms with E-state index in [4.69, 9.17) is 9.84 Å². The lowest BCUT2D eigenvalue weighted by atomic mass is 10.1. The second kappa shape index (κ2) is 10.6. The maximum Gasteiger partial charge on any atom is 0.305 e. The van der Waals surface area contributed by atoms with Crippen LogP contribution in [-0.4, -0.2) is 76.2 Å². The molecule has 0 radical (unpaired) electrons. The smallest absolute Gasteiger partial charge is 0.305 e. The van der Waals surface area contributed by atoms with Crippen LogP contribution in [0.25, 0.3) is 0 Å². The third kappa shape index (κ3) is 5.39. The number of methoxy groups -OCH3 is 1. The number of benzene rings is 1. The molecule has 2 heterocycles. The second-order valence-electron chi connectivity index (χ2n) is 7.70. The standard InChI is InChI=1S/C22H24N4O8/c1-34-15-5-2-4-13(10-15)20(31)24-16-7-8-18(28)25-9-3-6-17(26(25)22(16)33)21(32)23-14(12-27)11-19(29)30/h2-5,9-10,12,14,16-17H,6-8,11H2,1H3,(H,23,32)(H,24,31)(H,29,30)/t14-,16-,17-/m0/s1. The highest BCUT2D eigenvalue weighted by Gasteiger charge is 2.43. The van der Waals surface area contributed by atoms with E-state index in [0.29, 0.717) is 5.75 Å². The fourth-order valence-electron chi connectivity index (χ4n) is 3.70. The minimum Gasteiger partial charge on any atom is -0.497 e. The average molecular weight is 472 g/mol. The zero-order chi connectivity index (χ0) is 24.8. The van der Waals surface area contributed by atoms with Crippen LogP contribution >= 0.6 is 0 Å². The van der Waals surface area contributed by atoms with Crippen LogP contribution in [0, 0.1) is 0 Å². The summed E-state index contributed by atoms with van der Waals surface area (Å²) < 4.78 is 5.11. The first-order valence-corrected chi connectivity index (χ1v) is 10.5. The van der Waals surface area contributed by atoms with Crippen LogP contribution in [0.15, 0.2) is 36.5 Å². The number of hydrogen-bond donors (Lipinski definition) is 3. The third-order valence-corrected chi connectivity index (χ3v) is 5.39. The number of amides is 4. The lowest BCUT2D eigenvalue weighted by Gasteiger charge is -2.39. The van der Waals surface area contributed by atoms with Crippen molar-refractivity contribution in [2.24, 2.45) is 0 Å². The second-order valence-corrected chi connectivity index (χ2v) is 7.70. The number of carboxylic acid groups (broad SMARTS) is 1. The lowest BCUT2D eigenvalue weighted by Crippen LogP contribution is -2.62. The van der Waals surface area contributed by atoms with E-state index in [1.807, 2.05) is 0 Å². The normalized spacial score (nSPS) is 20.6. The van der Waals surface area contributed by atoms with E-state index in [1.54, 1.807) is 18.2 Å². The van der Waals surface area contributed by atoms with Gasteiger partial charge in [-0.1, -0.05) is 12.1 Å². The van der Waals surface area contributed by atoms with Gasteiger partial charge in [-0.25, -0.2) is 10.0 Å². The van der Waals surface area contributed by atoms with Crippen molar-refractivity contribution >= 4 is 35.9 Å². The van der Waals surface area contributed by atoms with E-state index in [0.717, 1.165) is 10.0 Å². The number of aliphatic carboxylic acids is 1.